The quantitative estimate of drug-likeness (QED) is 0.716. The summed E-state index contributed by atoms with van der Waals surface area (Å²) in [7, 11) is 1.53. The number of rotatable bonds is 7. The number of nitrogens with one attached hydrogen (secondary N) is 2. The average Bonchev–Trinajstić information content (AvgIpc) is 2.44. The molecule has 1 aromatic rings. The van der Waals surface area contributed by atoms with Crippen molar-refractivity contribution >= 4 is 23.2 Å². The maximum absolute atomic E-state index is 11.9. The van der Waals surface area contributed by atoms with Crippen molar-refractivity contribution in [1.29, 1.82) is 0 Å². The molecule has 1 unspecified atom stereocenters. The largest absolute Gasteiger partial charge is 0.495 e. The predicted molar refractivity (Wildman–Crippen MR) is 83.4 cm³/mol. The van der Waals surface area contributed by atoms with Crippen molar-refractivity contribution in [3.63, 3.8) is 0 Å². The van der Waals surface area contributed by atoms with Crippen LogP contribution >= 0.6 is 0 Å². The number of hydrogen-bond donors (Lipinski definition) is 3. The van der Waals surface area contributed by atoms with Gasteiger partial charge in [-0.05, 0) is 37.1 Å². The molecule has 6 nitrogen and oxygen atoms in total. The van der Waals surface area contributed by atoms with E-state index in [9.17, 15) is 9.59 Å². The molecule has 0 bridgehead atoms. The lowest BCUT2D eigenvalue weighted by Crippen LogP contribution is -2.17. The molecule has 2 amide bonds. The van der Waals surface area contributed by atoms with Gasteiger partial charge >= 0.3 is 0 Å². The highest BCUT2D eigenvalue weighted by Crippen LogP contribution is 2.28. The Labute approximate surface area is 125 Å². The number of benzene rings is 1. The summed E-state index contributed by atoms with van der Waals surface area (Å²) in [6.45, 7) is 4.00. The highest BCUT2D eigenvalue weighted by atomic mass is 16.5. The first-order valence-corrected chi connectivity index (χ1v) is 6.91. The van der Waals surface area contributed by atoms with E-state index in [2.05, 4.69) is 10.6 Å². The molecule has 1 atom stereocenters. The molecule has 0 aliphatic rings. The number of ether oxygens (including phenoxy) is 1. The average molecular weight is 293 g/mol. The van der Waals surface area contributed by atoms with Crippen LogP contribution in [-0.4, -0.2) is 25.5 Å². The van der Waals surface area contributed by atoms with E-state index in [1.165, 1.54) is 14.0 Å². The van der Waals surface area contributed by atoms with Gasteiger partial charge in [-0.25, -0.2) is 0 Å². The molecule has 0 heterocycles. The summed E-state index contributed by atoms with van der Waals surface area (Å²) in [5, 5.41) is 5.47. The molecule has 0 fully saturated rings. The Morgan fingerprint density at radius 3 is 2.62 bits per heavy atom. The van der Waals surface area contributed by atoms with Crippen LogP contribution in [0.1, 0.15) is 26.7 Å². The highest BCUT2D eigenvalue weighted by Gasteiger charge is 2.10. The molecule has 0 aliphatic carbocycles. The first kappa shape index (κ1) is 17.0. The van der Waals surface area contributed by atoms with Crippen LogP contribution in [0.3, 0.4) is 0 Å². The van der Waals surface area contributed by atoms with Crippen LogP contribution in [0, 0.1) is 5.92 Å². The highest BCUT2D eigenvalue weighted by molar-refractivity contribution is 5.94. The van der Waals surface area contributed by atoms with Crippen LogP contribution < -0.4 is 21.1 Å². The molecule has 1 rings (SSSR count). The van der Waals surface area contributed by atoms with Crippen LogP contribution in [0.4, 0.5) is 11.4 Å². The maximum Gasteiger partial charge on any atom is 0.224 e. The molecular weight excluding hydrogens is 270 g/mol. The van der Waals surface area contributed by atoms with Crippen molar-refractivity contribution in [3.8, 4) is 5.75 Å². The van der Waals surface area contributed by atoms with Crippen molar-refractivity contribution in [1.82, 2.24) is 0 Å². The third-order valence-electron chi connectivity index (χ3n) is 3.06. The van der Waals surface area contributed by atoms with E-state index in [0.717, 1.165) is 6.42 Å². The van der Waals surface area contributed by atoms with Gasteiger partial charge in [0.05, 0.1) is 12.8 Å². The van der Waals surface area contributed by atoms with E-state index in [4.69, 9.17) is 10.5 Å². The molecule has 1 aromatic carbocycles. The maximum atomic E-state index is 11.9. The zero-order chi connectivity index (χ0) is 15.8. The lowest BCUT2D eigenvalue weighted by atomic mass is 10.1. The van der Waals surface area contributed by atoms with Crippen LogP contribution in [-0.2, 0) is 9.59 Å². The van der Waals surface area contributed by atoms with Crippen LogP contribution in [0.5, 0.6) is 5.75 Å². The molecule has 0 aromatic heterocycles. The smallest absolute Gasteiger partial charge is 0.224 e. The van der Waals surface area contributed by atoms with Crippen molar-refractivity contribution in [2.75, 3.05) is 24.3 Å². The van der Waals surface area contributed by atoms with E-state index in [1.807, 2.05) is 6.92 Å². The normalized spacial score (nSPS) is 11.6. The van der Waals surface area contributed by atoms with Gasteiger partial charge in [0, 0.05) is 19.0 Å². The fourth-order valence-electron chi connectivity index (χ4n) is 1.79. The van der Waals surface area contributed by atoms with Gasteiger partial charge in [-0.2, -0.15) is 0 Å². The van der Waals surface area contributed by atoms with Crippen LogP contribution in [0.2, 0.25) is 0 Å². The second-order valence-electron chi connectivity index (χ2n) is 5.02. The molecule has 0 spiro atoms. The Kier molecular flexibility index (Phi) is 6.68. The number of nitrogens with two attached hydrogens (primary N) is 1. The summed E-state index contributed by atoms with van der Waals surface area (Å²) in [6, 6.07) is 5.08. The first-order chi connectivity index (χ1) is 9.96. The van der Waals surface area contributed by atoms with Crippen molar-refractivity contribution in [2.45, 2.75) is 26.7 Å². The van der Waals surface area contributed by atoms with Gasteiger partial charge in [-0.3, -0.25) is 9.59 Å². The van der Waals surface area contributed by atoms with Crippen molar-refractivity contribution in [3.05, 3.63) is 18.2 Å². The van der Waals surface area contributed by atoms with Gasteiger partial charge in [0.2, 0.25) is 11.8 Å². The zero-order valence-corrected chi connectivity index (χ0v) is 12.7. The summed E-state index contributed by atoms with van der Waals surface area (Å²) in [5.74, 6) is 0.579. The Hall–Kier alpha value is -2.08. The van der Waals surface area contributed by atoms with Gasteiger partial charge in [-0.15, -0.1) is 0 Å². The minimum Gasteiger partial charge on any atom is -0.495 e. The molecule has 0 saturated heterocycles. The summed E-state index contributed by atoms with van der Waals surface area (Å²) in [5.41, 5.74) is 6.67. The van der Waals surface area contributed by atoms with Gasteiger partial charge in [0.25, 0.3) is 0 Å². The molecule has 0 saturated carbocycles. The number of anilines is 2. The van der Waals surface area contributed by atoms with E-state index in [-0.39, 0.29) is 11.8 Å². The molecule has 0 radical (unpaired) electrons. The van der Waals surface area contributed by atoms with E-state index in [0.29, 0.717) is 36.0 Å². The monoisotopic (exact) mass is 293 g/mol. The Morgan fingerprint density at radius 1 is 1.33 bits per heavy atom. The lowest BCUT2D eigenvalue weighted by Gasteiger charge is -2.13. The Balaban J connectivity index is 2.75. The predicted octanol–water partition coefficient (Wildman–Crippen LogP) is 1.97. The van der Waals surface area contributed by atoms with Gasteiger partial charge < -0.3 is 21.1 Å². The molecule has 6 heteroatoms. The third-order valence-corrected chi connectivity index (χ3v) is 3.06. The molecular formula is C15H23N3O3. The number of methoxy groups -OCH3 is 1. The Bertz CT molecular complexity index is 503. The fraction of sp³-hybridized carbons (Fsp3) is 0.467. The third kappa shape index (κ3) is 5.83. The van der Waals surface area contributed by atoms with Gasteiger partial charge in [-0.1, -0.05) is 6.92 Å². The summed E-state index contributed by atoms with van der Waals surface area (Å²) in [6.07, 6.45) is 1.13. The summed E-state index contributed by atoms with van der Waals surface area (Å²) >= 11 is 0. The fourth-order valence-corrected chi connectivity index (χ4v) is 1.79. The minimum atomic E-state index is -0.172. The number of carbonyl (C=O) groups excluding carboxylic acids is 2. The molecule has 21 heavy (non-hydrogen) atoms. The van der Waals surface area contributed by atoms with Gasteiger partial charge in [0.1, 0.15) is 5.75 Å². The lowest BCUT2D eigenvalue weighted by molar-refractivity contribution is -0.116. The standard InChI is InChI=1S/C15H23N3O3/c1-10(9-16)4-7-15(20)18-13-8-12(17-11(2)19)5-6-14(13)21-3/h5-6,8,10H,4,7,9,16H2,1-3H3,(H,17,19)(H,18,20). The van der Waals surface area contributed by atoms with Gasteiger partial charge in [0.15, 0.2) is 0 Å². The number of carbonyl (C=O) groups is 2. The Morgan fingerprint density at radius 2 is 2.05 bits per heavy atom. The van der Waals surface area contributed by atoms with Crippen molar-refractivity contribution in [2.24, 2.45) is 11.7 Å². The van der Waals surface area contributed by atoms with E-state index >= 15 is 0 Å². The second kappa shape index (κ2) is 8.26. The summed E-state index contributed by atoms with van der Waals surface area (Å²) < 4.78 is 5.21. The van der Waals surface area contributed by atoms with Crippen LogP contribution in [0.25, 0.3) is 0 Å². The summed E-state index contributed by atoms with van der Waals surface area (Å²) in [4.78, 5) is 23.0. The molecule has 4 N–H and O–H groups in total. The van der Waals surface area contributed by atoms with E-state index < -0.39 is 0 Å². The van der Waals surface area contributed by atoms with Crippen LogP contribution in [0.15, 0.2) is 18.2 Å². The minimum absolute atomic E-state index is 0.103. The number of amides is 2. The molecule has 116 valence electrons. The SMILES string of the molecule is COc1ccc(NC(C)=O)cc1NC(=O)CCC(C)CN. The number of hydrogen-bond acceptors (Lipinski definition) is 4. The topological polar surface area (TPSA) is 93.5 Å². The van der Waals surface area contributed by atoms with Crippen molar-refractivity contribution < 1.29 is 14.3 Å². The van der Waals surface area contributed by atoms with E-state index in [1.54, 1.807) is 18.2 Å². The molecule has 0 aliphatic heterocycles. The second-order valence-corrected chi connectivity index (χ2v) is 5.02. The zero-order valence-electron chi connectivity index (χ0n) is 12.7. The first-order valence-electron chi connectivity index (χ1n) is 6.91.